The second kappa shape index (κ2) is 2.85. The molecule has 2 fully saturated rings. The van der Waals surface area contributed by atoms with E-state index in [0.717, 1.165) is 12.5 Å². The summed E-state index contributed by atoms with van der Waals surface area (Å²) in [6, 6.07) is 10.8. The summed E-state index contributed by atoms with van der Waals surface area (Å²) in [5.74, 6) is 1.54. The van der Waals surface area contributed by atoms with Crippen molar-refractivity contribution in [1.29, 1.82) is 0 Å². The van der Waals surface area contributed by atoms with E-state index in [0.29, 0.717) is 12.0 Å². The Morgan fingerprint density at radius 2 is 2.00 bits per heavy atom. The van der Waals surface area contributed by atoms with Gasteiger partial charge in [-0.3, -0.25) is 0 Å². The van der Waals surface area contributed by atoms with Crippen LogP contribution in [0.25, 0.3) is 0 Å². The lowest BCUT2D eigenvalue weighted by atomic mass is 10.1. The smallest absolute Gasteiger partial charge is 0.0682 e. The SMILES string of the molecule is c1ccc([C@H]2[C@H]3CCCO[C@H]32)cc1. The fourth-order valence-corrected chi connectivity index (χ4v) is 2.56. The van der Waals surface area contributed by atoms with Crippen LogP contribution in [0.1, 0.15) is 24.3 Å². The highest BCUT2D eigenvalue weighted by molar-refractivity contribution is 5.29. The fourth-order valence-electron chi connectivity index (χ4n) is 2.56. The van der Waals surface area contributed by atoms with Crippen LogP contribution in [0.5, 0.6) is 0 Å². The van der Waals surface area contributed by atoms with E-state index in [1.165, 1.54) is 18.4 Å². The molecule has 1 aliphatic heterocycles. The van der Waals surface area contributed by atoms with E-state index >= 15 is 0 Å². The molecule has 0 aromatic heterocycles. The van der Waals surface area contributed by atoms with E-state index in [4.69, 9.17) is 4.74 Å². The second-order valence-electron chi connectivity index (χ2n) is 4.08. The Labute approximate surface area is 78.7 Å². The van der Waals surface area contributed by atoms with Gasteiger partial charge >= 0.3 is 0 Å². The van der Waals surface area contributed by atoms with Gasteiger partial charge in [-0.1, -0.05) is 30.3 Å². The molecule has 1 aromatic rings. The van der Waals surface area contributed by atoms with Crippen molar-refractivity contribution in [1.82, 2.24) is 0 Å². The van der Waals surface area contributed by atoms with E-state index in [9.17, 15) is 0 Å². The predicted octanol–water partition coefficient (Wildman–Crippen LogP) is 2.58. The van der Waals surface area contributed by atoms with Gasteiger partial charge in [0.2, 0.25) is 0 Å². The highest BCUT2D eigenvalue weighted by atomic mass is 16.5. The Morgan fingerprint density at radius 3 is 2.69 bits per heavy atom. The van der Waals surface area contributed by atoms with E-state index in [1.54, 1.807) is 0 Å². The summed E-state index contributed by atoms with van der Waals surface area (Å²) >= 11 is 0. The average Bonchev–Trinajstić information content (AvgIpc) is 2.93. The molecule has 0 amide bonds. The number of ether oxygens (including phenoxy) is 1. The topological polar surface area (TPSA) is 9.23 Å². The maximum absolute atomic E-state index is 5.72. The minimum absolute atomic E-state index is 0.552. The molecular weight excluding hydrogens is 160 g/mol. The molecule has 1 heterocycles. The Balaban J connectivity index is 1.82. The number of benzene rings is 1. The molecule has 0 unspecified atom stereocenters. The van der Waals surface area contributed by atoms with Crippen LogP contribution in [-0.4, -0.2) is 12.7 Å². The predicted molar refractivity (Wildman–Crippen MR) is 51.6 cm³/mol. The molecule has 0 bridgehead atoms. The summed E-state index contributed by atoms with van der Waals surface area (Å²) < 4.78 is 5.72. The third kappa shape index (κ3) is 1.19. The number of fused-ring (bicyclic) bond motifs is 1. The first-order valence-corrected chi connectivity index (χ1v) is 5.13. The number of rotatable bonds is 1. The van der Waals surface area contributed by atoms with Gasteiger partial charge in [0.25, 0.3) is 0 Å². The molecule has 1 aliphatic carbocycles. The zero-order valence-corrected chi connectivity index (χ0v) is 7.65. The highest BCUT2D eigenvalue weighted by Gasteiger charge is 2.52. The lowest BCUT2D eigenvalue weighted by Gasteiger charge is -2.07. The molecule has 3 atom stereocenters. The fraction of sp³-hybridized carbons (Fsp3) is 0.500. The highest BCUT2D eigenvalue weighted by Crippen LogP contribution is 2.54. The number of hydrogen-bond donors (Lipinski definition) is 0. The van der Waals surface area contributed by atoms with Crippen LogP contribution in [-0.2, 0) is 4.74 Å². The zero-order chi connectivity index (χ0) is 8.67. The Bertz CT molecular complexity index is 281. The molecule has 0 radical (unpaired) electrons. The van der Waals surface area contributed by atoms with Gasteiger partial charge in [0.15, 0.2) is 0 Å². The third-order valence-electron chi connectivity index (χ3n) is 3.27. The van der Waals surface area contributed by atoms with Gasteiger partial charge in [-0.2, -0.15) is 0 Å². The van der Waals surface area contributed by atoms with E-state index in [1.807, 2.05) is 0 Å². The lowest BCUT2D eigenvalue weighted by Crippen LogP contribution is -2.05. The Morgan fingerprint density at radius 1 is 1.15 bits per heavy atom. The monoisotopic (exact) mass is 174 g/mol. The van der Waals surface area contributed by atoms with Crippen LogP contribution in [0.3, 0.4) is 0 Å². The summed E-state index contributed by atoms with van der Waals surface area (Å²) in [4.78, 5) is 0. The minimum atomic E-state index is 0.552. The summed E-state index contributed by atoms with van der Waals surface area (Å²) in [5, 5.41) is 0. The first kappa shape index (κ1) is 7.57. The van der Waals surface area contributed by atoms with Gasteiger partial charge in [0.1, 0.15) is 0 Å². The van der Waals surface area contributed by atoms with Crippen molar-refractivity contribution < 1.29 is 4.74 Å². The molecule has 3 rings (SSSR count). The normalized spacial score (nSPS) is 36.8. The molecule has 1 aromatic carbocycles. The maximum atomic E-state index is 5.72. The van der Waals surface area contributed by atoms with Crippen LogP contribution >= 0.6 is 0 Å². The Kier molecular flexibility index (Phi) is 1.66. The molecule has 1 heteroatoms. The quantitative estimate of drug-likeness (QED) is 0.636. The van der Waals surface area contributed by atoms with Gasteiger partial charge in [-0.05, 0) is 24.3 Å². The van der Waals surface area contributed by atoms with Crippen LogP contribution in [0.15, 0.2) is 30.3 Å². The average molecular weight is 174 g/mol. The molecule has 0 N–H and O–H groups in total. The number of hydrogen-bond acceptors (Lipinski definition) is 1. The van der Waals surface area contributed by atoms with Gasteiger partial charge < -0.3 is 4.74 Å². The van der Waals surface area contributed by atoms with Crippen molar-refractivity contribution >= 4 is 0 Å². The Hall–Kier alpha value is -0.820. The summed E-state index contributed by atoms with van der Waals surface area (Å²) in [5.41, 5.74) is 1.47. The molecular formula is C12H14O. The summed E-state index contributed by atoms with van der Waals surface area (Å²) in [6.07, 6.45) is 3.17. The lowest BCUT2D eigenvalue weighted by molar-refractivity contribution is 0.0781. The molecule has 13 heavy (non-hydrogen) atoms. The van der Waals surface area contributed by atoms with Gasteiger partial charge in [0.05, 0.1) is 6.10 Å². The summed E-state index contributed by atoms with van der Waals surface area (Å²) in [6.45, 7) is 0.977. The maximum Gasteiger partial charge on any atom is 0.0682 e. The molecule has 2 aliphatic rings. The zero-order valence-electron chi connectivity index (χ0n) is 7.65. The van der Waals surface area contributed by atoms with E-state index in [2.05, 4.69) is 30.3 Å². The van der Waals surface area contributed by atoms with Crippen LogP contribution in [0.4, 0.5) is 0 Å². The van der Waals surface area contributed by atoms with Gasteiger partial charge in [-0.15, -0.1) is 0 Å². The van der Waals surface area contributed by atoms with Crippen molar-refractivity contribution in [2.45, 2.75) is 24.9 Å². The van der Waals surface area contributed by atoms with E-state index in [-0.39, 0.29) is 0 Å². The molecule has 1 saturated heterocycles. The van der Waals surface area contributed by atoms with Crippen LogP contribution < -0.4 is 0 Å². The minimum Gasteiger partial charge on any atom is -0.377 e. The second-order valence-corrected chi connectivity index (χ2v) is 4.08. The standard InChI is InChI=1S/C12H14O/c1-2-5-9(6-3-1)11-10-7-4-8-13-12(10)11/h1-3,5-6,10-12H,4,7-8H2/t10-,11+,12-/m1/s1. The molecule has 1 nitrogen and oxygen atoms in total. The molecule has 68 valence electrons. The first-order chi connectivity index (χ1) is 6.47. The van der Waals surface area contributed by atoms with Crippen molar-refractivity contribution in [3.05, 3.63) is 35.9 Å². The third-order valence-corrected chi connectivity index (χ3v) is 3.27. The van der Waals surface area contributed by atoms with Crippen molar-refractivity contribution in [2.75, 3.05) is 6.61 Å². The molecule has 0 spiro atoms. The van der Waals surface area contributed by atoms with Crippen LogP contribution in [0, 0.1) is 5.92 Å². The summed E-state index contributed by atoms with van der Waals surface area (Å²) in [7, 11) is 0. The first-order valence-electron chi connectivity index (χ1n) is 5.13. The van der Waals surface area contributed by atoms with Crippen molar-refractivity contribution in [2.24, 2.45) is 5.92 Å². The van der Waals surface area contributed by atoms with Crippen molar-refractivity contribution in [3.63, 3.8) is 0 Å². The molecule has 1 saturated carbocycles. The largest absolute Gasteiger partial charge is 0.377 e. The van der Waals surface area contributed by atoms with Gasteiger partial charge in [-0.25, -0.2) is 0 Å². The van der Waals surface area contributed by atoms with Gasteiger partial charge in [0, 0.05) is 12.5 Å². The van der Waals surface area contributed by atoms with Crippen LogP contribution in [0.2, 0.25) is 0 Å². The van der Waals surface area contributed by atoms with Crippen molar-refractivity contribution in [3.8, 4) is 0 Å². The van der Waals surface area contributed by atoms with E-state index < -0.39 is 0 Å².